The van der Waals surface area contributed by atoms with E-state index >= 15 is 0 Å². The van der Waals surface area contributed by atoms with E-state index < -0.39 is 17.9 Å². The zero-order valence-electron chi connectivity index (χ0n) is 17.2. The van der Waals surface area contributed by atoms with Gasteiger partial charge in [-0.1, -0.05) is 30.3 Å². The molecule has 156 valence electrons. The van der Waals surface area contributed by atoms with Crippen LogP contribution in [0.4, 0.5) is 0 Å². The number of para-hydroxylation sites is 1. The molecule has 0 saturated carbocycles. The van der Waals surface area contributed by atoms with Gasteiger partial charge in [0.25, 0.3) is 11.5 Å². The van der Waals surface area contributed by atoms with Crippen molar-refractivity contribution in [3.05, 3.63) is 76.1 Å². The van der Waals surface area contributed by atoms with E-state index in [0.29, 0.717) is 22.2 Å². The van der Waals surface area contributed by atoms with E-state index in [-0.39, 0.29) is 24.2 Å². The number of hydrogen-bond acceptors (Lipinski definition) is 5. The summed E-state index contributed by atoms with van der Waals surface area (Å²) in [4.78, 5) is 37.7. The number of carbonyl (C=O) groups is 2. The second-order valence-electron chi connectivity index (χ2n) is 6.78. The fourth-order valence-corrected chi connectivity index (χ4v) is 3.33. The number of esters is 1. The molecule has 0 spiro atoms. The molecule has 30 heavy (non-hydrogen) atoms. The minimum Gasteiger partial charge on any atom is -0.497 e. The molecular weight excluding hydrogens is 384 g/mol. The Hall–Kier alpha value is -3.61. The Labute approximate surface area is 174 Å². The molecule has 1 heterocycles. The molecule has 0 fully saturated rings. The third-order valence-corrected chi connectivity index (χ3v) is 4.88. The van der Waals surface area contributed by atoms with Crippen LogP contribution in [0.5, 0.6) is 5.75 Å². The summed E-state index contributed by atoms with van der Waals surface area (Å²) in [5, 5.41) is 3.54. The number of carbonyl (C=O) groups excluding carboxylic acids is 2. The number of nitrogens with one attached hydrogen (secondary N) is 1. The van der Waals surface area contributed by atoms with Gasteiger partial charge in [0.1, 0.15) is 5.75 Å². The first kappa shape index (κ1) is 21.1. The molecule has 7 nitrogen and oxygen atoms in total. The van der Waals surface area contributed by atoms with Gasteiger partial charge < -0.3 is 19.4 Å². The number of benzene rings is 2. The third kappa shape index (κ3) is 4.51. The van der Waals surface area contributed by atoms with Crippen LogP contribution in [0.15, 0.2) is 59.4 Å². The second kappa shape index (κ2) is 9.26. The van der Waals surface area contributed by atoms with Gasteiger partial charge in [0.2, 0.25) is 0 Å². The van der Waals surface area contributed by atoms with Gasteiger partial charge in [0.15, 0.2) is 0 Å². The maximum absolute atomic E-state index is 13.2. The Morgan fingerprint density at radius 1 is 1.10 bits per heavy atom. The summed E-state index contributed by atoms with van der Waals surface area (Å²) in [6, 6.07) is 15.0. The average Bonchev–Trinajstić information content (AvgIpc) is 2.76. The smallest absolute Gasteiger partial charge is 0.308 e. The van der Waals surface area contributed by atoms with E-state index in [1.165, 1.54) is 10.6 Å². The molecular formula is C23H24N2O5. The van der Waals surface area contributed by atoms with Crippen LogP contribution in [0.3, 0.4) is 0 Å². The zero-order chi connectivity index (χ0) is 21.7. The van der Waals surface area contributed by atoms with E-state index in [2.05, 4.69) is 5.32 Å². The maximum Gasteiger partial charge on any atom is 0.308 e. The van der Waals surface area contributed by atoms with Crippen molar-refractivity contribution in [2.24, 2.45) is 7.05 Å². The molecule has 1 unspecified atom stereocenters. The van der Waals surface area contributed by atoms with Crippen LogP contribution in [0.1, 0.15) is 35.3 Å². The van der Waals surface area contributed by atoms with Crippen molar-refractivity contribution in [1.29, 1.82) is 0 Å². The monoisotopic (exact) mass is 408 g/mol. The minimum atomic E-state index is -0.644. The van der Waals surface area contributed by atoms with Crippen molar-refractivity contribution >= 4 is 22.8 Å². The van der Waals surface area contributed by atoms with Crippen LogP contribution >= 0.6 is 0 Å². The summed E-state index contributed by atoms with van der Waals surface area (Å²) >= 11 is 0. The van der Waals surface area contributed by atoms with Crippen LogP contribution in [0, 0.1) is 0 Å². The molecule has 1 amide bonds. The van der Waals surface area contributed by atoms with Gasteiger partial charge in [0.05, 0.1) is 37.3 Å². The SMILES string of the molecule is CCOC(=O)CC(NC(=O)c1cc(=O)n(C)c2ccccc12)c1cccc(OC)c1. The first-order chi connectivity index (χ1) is 14.4. The topological polar surface area (TPSA) is 86.6 Å². The maximum atomic E-state index is 13.2. The molecule has 3 aromatic rings. The fourth-order valence-electron chi connectivity index (χ4n) is 3.33. The van der Waals surface area contributed by atoms with E-state index in [1.807, 2.05) is 12.1 Å². The molecule has 0 bridgehead atoms. The van der Waals surface area contributed by atoms with Gasteiger partial charge in [-0.2, -0.15) is 0 Å². The normalized spacial score (nSPS) is 11.7. The summed E-state index contributed by atoms with van der Waals surface area (Å²) in [6.07, 6.45) is -0.0461. The van der Waals surface area contributed by atoms with Gasteiger partial charge >= 0.3 is 5.97 Å². The van der Waals surface area contributed by atoms with Crippen molar-refractivity contribution < 1.29 is 19.1 Å². The molecule has 7 heteroatoms. The highest BCUT2D eigenvalue weighted by molar-refractivity contribution is 6.06. The molecule has 0 saturated heterocycles. The number of nitrogens with zero attached hydrogens (tertiary/aromatic N) is 1. The fraction of sp³-hybridized carbons (Fsp3) is 0.261. The molecule has 2 aromatic carbocycles. The summed E-state index contributed by atoms with van der Waals surface area (Å²) in [5.74, 6) is -0.268. The Kier molecular flexibility index (Phi) is 6.51. The quantitative estimate of drug-likeness (QED) is 0.608. The number of methoxy groups -OCH3 is 1. The van der Waals surface area contributed by atoms with Crippen molar-refractivity contribution in [3.8, 4) is 5.75 Å². The summed E-state index contributed by atoms with van der Waals surface area (Å²) in [5.41, 5.74) is 1.31. The molecule has 3 rings (SSSR count). The lowest BCUT2D eigenvalue weighted by atomic mass is 10.0. The molecule has 0 aliphatic heterocycles. The van der Waals surface area contributed by atoms with Crippen molar-refractivity contribution in [2.75, 3.05) is 13.7 Å². The minimum absolute atomic E-state index is 0.0461. The zero-order valence-corrected chi connectivity index (χ0v) is 17.2. The van der Waals surface area contributed by atoms with Gasteiger partial charge in [-0.25, -0.2) is 0 Å². The number of aryl methyl sites for hydroxylation is 1. The number of ether oxygens (including phenoxy) is 2. The number of rotatable bonds is 7. The summed E-state index contributed by atoms with van der Waals surface area (Å²) in [7, 11) is 3.20. The Morgan fingerprint density at radius 2 is 1.87 bits per heavy atom. The largest absolute Gasteiger partial charge is 0.497 e. The highest BCUT2D eigenvalue weighted by Gasteiger charge is 2.22. The van der Waals surface area contributed by atoms with Crippen molar-refractivity contribution in [2.45, 2.75) is 19.4 Å². The van der Waals surface area contributed by atoms with Gasteiger partial charge in [0, 0.05) is 18.5 Å². The van der Waals surface area contributed by atoms with Gasteiger partial charge in [-0.05, 0) is 30.7 Å². The first-order valence-corrected chi connectivity index (χ1v) is 9.63. The lowest BCUT2D eigenvalue weighted by Gasteiger charge is -2.20. The predicted molar refractivity (Wildman–Crippen MR) is 114 cm³/mol. The Balaban J connectivity index is 1.99. The molecule has 1 atom stereocenters. The van der Waals surface area contributed by atoms with Crippen LogP contribution < -0.4 is 15.6 Å². The Morgan fingerprint density at radius 3 is 2.60 bits per heavy atom. The molecule has 0 radical (unpaired) electrons. The van der Waals surface area contributed by atoms with Gasteiger partial charge in [-0.3, -0.25) is 14.4 Å². The van der Waals surface area contributed by atoms with E-state index in [9.17, 15) is 14.4 Å². The van der Waals surface area contributed by atoms with Crippen LogP contribution in [-0.2, 0) is 16.6 Å². The van der Waals surface area contributed by atoms with E-state index in [0.717, 1.165) is 0 Å². The predicted octanol–water partition coefficient (Wildman–Crippen LogP) is 2.97. The van der Waals surface area contributed by atoms with Crippen LogP contribution in [0.2, 0.25) is 0 Å². The number of pyridine rings is 1. The van der Waals surface area contributed by atoms with E-state index in [4.69, 9.17) is 9.47 Å². The molecule has 0 aliphatic carbocycles. The number of amides is 1. The van der Waals surface area contributed by atoms with Crippen LogP contribution in [0.25, 0.3) is 10.9 Å². The highest BCUT2D eigenvalue weighted by atomic mass is 16.5. The lowest BCUT2D eigenvalue weighted by Crippen LogP contribution is -2.32. The Bertz CT molecular complexity index is 1140. The number of fused-ring (bicyclic) bond motifs is 1. The first-order valence-electron chi connectivity index (χ1n) is 9.63. The summed E-state index contributed by atoms with van der Waals surface area (Å²) < 4.78 is 11.8. The van der Waals surface area contributed by atoms with Crippen molar-refractivity contribution in [1.82, 2.24) is 9.88 Å². The summed E-state index contributed by atoms with van der Waals surface area (Å²) in [6.45, 7) is 1.97. The molecule has 0 aliphatic rings. The lowest BCUT2D eigenvalue weighted by molar-refractivity contribution is -0.143. The molecule has 1 aromatic heterocycles. The van der Waals surface area contributed by atoms with Crippen molar-refractivity contribution in [3.63, 3.8) is 0 Å². The average molecular weight is 408 g/mol. The van der Waals surface area contributed by atoms with Gasteiger partial charge in [-0.15, -0.1) is 0 Å². The number of aromatic nitrogens is 1. The third-order valence-electron chi connectivity index (χ3n) is 4.88. The molecule has 1 N–H and O–H groups in total. The highest BCUT2D eigenvalue weighted by Crippen LogP contribution is 2.24. The number of hydrogen-bond donors (Lipinski definition) is 1. The van der Waals surface area contributed by atoms with Crippen LogP contribution in [-0.4, -0.2) is 30.2 Å². The standard InChI is InChI=1S/C23H24N2O5/c1-4-30-22(27)14-19(15-8-7-9-16(12-15)29-3)24-23(28)18-13-21(26)25(2)20-11-6-5-10-17(18)20/h5-13,19H,4,14H2,1-3H3,(H,24,28). The second-order valence-corrected chi connectivity index (χ2v) is 6.78. The van der Waals surface area contributed by atoms with E-state index in [1.54, 1.807) is 57.5 Å².